The van der Waals surface area contributed by atoms with Crippen LogP contribution in [0.15, 0.2) is 54.6 Å². The predicted molar refractivity (Wildman–Crippen MR) is 127 cm³/mol. The average Bonchev–Trinajstić information content (AvgIpc) is 2.83. The summed E-state index contributed by atoms with van der Waals surface area (Å²) in [6.45, 7) is 8.17. The molecule has 2 aliphatic rings. The number of carbonyl (C=O) groups is 2. The third kappa shape index (κ3) is 5.30. The second-order valence-corrected chi connectivity index (χ2v) is 9.53. The van der Waals surface area contributed by atoms with Gasteiger partial charge >= 0.3 is 6.03 Å². The maximum absolute atomic E-state index is 12.8. The Hall–Kier alpha value is -2.86. The number of para-hydroxylation sites is 1. The van der Waals surface area contributed by atoms with E-state index in [-0.39, 0.29) is 23.4 Å². The Bertz CT molecular complexity index is 936. The number of rotatable bonds is 5. The zero-order chi connectivity index (χ0) is 22.6. The summed E-state index contributed by atoms with van der Waals surface area (Å²) >= 11 is 0. The zero-order valence-corrected chi connectivity index (χ0v) is 19.1. The molecule has 0 bridgehead atoms. The number of likely N-dealkylation sites (tertiary alicyclic amines) is 1. The molecule has 2 aliphatic heterocycles. The maximum Gasteiger partial charge on any atom is 0.321 e. The number of fused-ring (bicyclic) bond motifs is 1. The molecule has 6 nitrogen and oxygen atoms in total. The number of urea groups is 1. The maximum atomic E-state index is 12.8. The number of amides is 3. The van der Waals surface area contributed by atoms with Gasteiger partial charge in [0.25, 0.3) is 0 Å². The number of piperidine rings is 1. The van der Waals surface area contributed by atoms with Gasteiger partial charge < -0.3 is 15.5 Å². The predicted octanol–water partition coefficient (Wildman–Crippen LogP) is 3.88. The molecule has 32 heavy (non-hydrogen) atoms. The van der Waals surface area contributed by atoms with E-state index in [2.05, 4.69) is 53.6 Å². The van der Waals surface area contributed by atoms with Gasteiger partial charge in [-0.05, 0) is 56.4 Å². The quantitative estimate of drug-likeness (QED) is 0.751. The van der Waals surface area contributed by atoms with Crippen LogP contribution in [0.25, 0.3) is 0 Å². The Morgan fingerprint density at radius 2 is 1.59 bits per heavy atom. The van der Waals surface area contributed by atoms with E-state index in [0.29, 0.717) is 32.5 Å². The fourth-order valence-electron chi connectivity index (χ4n) is 4.64. The molecular formula is C26H34N4O2. The summed E-state index contributed by atoms with van der Waals surface area (Å²) in [4.78, 5) is 29.6. The average molecular weight is 435 g/mol. The monoisotopic (exact) mass is 434 g/mol. The van der Waals surface area contributed by atoms with Crippen LogP contribution in [0.3, 0.4) is 0 Å². The highest BCUT2D eigenvalue weighted by molar-refractivity contribution is 5.89. The van der Waals surface area contributed by atoms with Gasteiger partial charge in [0.2, 0.25) is 5.91 Å². The van der Waals surface area contributed by atoms with Crippen LogP contribution < -0.4 is 10.6 Å². The first kappa shape index (κ1) is 22.3. The van der Waals surface area contributed by atoms with Gasteiger partial charge in [-0.3, -0.25) is 9.69 Å². The smallest absolute Gasteiger partial charge is 0.321 e. The highest BCUT2D eigenvalue weighted by Crippen LogP contribution is 2.25. The van der Waals surface area contributed by atoms with Crippen molar-refractivity contribution in [3.05, 3.63) is 65.7 Å². The fraction of sp³-hybridized carbons (Fsp3) is 0.462. The minimum absolute atomic E-state index is 0.0337. The van der Waals surface area contributed by atoms with Crippen molar-refractivity contribution in [2.45, 2.75) is 45.2 Å². The normalized spacial score (nSPS) is 17.5. The molecule has 3 amide bonds. The molecule has 0 aliphatic carbocycles. The summed E-state index contributed by atoms with van der Waals surface area (Å²) in [6, 6.07) is 18.0. The van der Waals surface area contributed by atoms with Gasteiger partial charge in [0.1, 0.15) is 0 Å². The number of carbonyl (C=O) groups excluding carboxylic acids is 2. The van der Waals surface area contributed by atoms with Crippen LogP contribution in [0.1, 0.15) is 37.8 Å². The van der Waals surface area contributed by atoms with Crippen LogP contribution in [0.5, 0.6) is 0 Å². The third-order valence-corrected chi connectivity index (χ3v) is 6.86. The SMILES string of the molecule is CC(C)(CNC(=O)C1CCN(C(=O)Nc2ccccc2)CC1)N1CCc2ccccc2C1. The van der Waals surface area contributed by atoms with Crippen molar-refractivity contribution < 1.29 is 9.59 Å². The summed E-state index contributed by atoms with van der Waals surface area (Å²) in [6.07, 6.45) is 2.45. The number of hydrogen-bond donors (Lipinski definition) is 2. The molecule has 2 aromatic carbocycles. The second-order valence-electron chi connectivity index (χ2n) is 9.53. The minimum atomic E-state index is -0.112. The highest BCUT2D eigenvalue weighted by atomic mass is 16.2. The van der Waals surface area contributed by atoms with E-state index >= 15 is 0 Å². The lowest BCUT2D eigenvalue weighted by molar-refractivity contribution is -0.126. The van der Waals surface area contributed by atoms with E-state index in [4.69, 9.17) is 0 Å². The topological polar surface area (TPSA) is 64.7 Å². The molecular weight excluding hydrogens is 400 g/mol. The fourth-order valence-corrected chi connectivity index (χ4v) is 4.64. The van der Waals surface area contributed by atoms with Crippen molar-refractivity contribution in [1.29, 1.82) is 0 Å². The number of hydrogen-bond acceptors (Lipinski definition) is 3. The first-order chi connectivity index (χ1) is 15.4. The summed E-state index contributed by atoms with van der Waals surface area (Å²) < 4.78 is 0. The van der Waals surface area contributed by atoms with Crippen LogP contribution in [-0.2, 0) is 17.8 Å². The standard InChI is InChI=1S/C26H34N4O2/c1-26(2,30-17-14-20-8-6-7-9-22(20)18-30)19-27-24(31)21-12-15-29(16-13-21)25(32)28-23-10-4-3-5-11-23/h3-11,21H,12-19H2,1-2H3,(H,27,31)(H,28,32). The minimum Gasteiger partial charge on any atom is -0.354 e. The lowest BCUT2D eigenvalue weighted by Crippen LogP contribution is -2.54. The van der Waals surface area contributed by atoms with Gasteiger partial charge in [-0.25, -0.2) is 4.79 Å². The Balaban J connectivity index is 1.23. The molecule has 0 atom stereocenters. The van der Waals surface area contributed by atoms with E-state index in [1.165, 1.54) is 11.1 Å². The van der Waals surface area contributed by atoms with E-state index in [9.17, 15) is 9.59 Å². The number of benzene rings is 2. The van der Waals surface area contributed by atoms with Crippen molar-refractivity contribution in [3.63, 3.8) is 0 Å². The molecule has 4 rings (SSSR count). The van der Waals surface area contributed by atoms with E-state index < -0.39 is 0 Å². The lowest BCUT2D eigenvalue weighted by Gasteiger charge is -2.42. The van der Waals surface area contributed by atoms with Gasteiger partial charge in [-0.15, -0.1) is 0 Å². The van der Waals surface area contributed by atoms with E-state index in [1.54, 1.807) is 4.90 Å². The van der Waals surface area contributed by atoms with Gasteiger partial charge in [-0.2, -0.15) is 0 Å². The first-order valence-electron chi connectivity index (χ1n) is 11.6. The van der Waals surface area contributed by atoms with Gasteiger partial charge in [0.05, 0.1) is 0 Å². The lowest BCUT2D eigenvalue weighted by atomic mass is 9.93. The van der Waals surface area contributed by atoms with E-state index in [1.807, 2.05) is 30.3 Å². The van der Waals surface area contributed by atoms with Crippen LogP contribution in [-0.4, -0.2) is 53.5 Å². The molecule has 1 saturated heterocycles. The molecule has 170 valence electrons. The van der Waals surface area contributed by atoms with Crippen LogP contribution in [0.4, 0.5) is 10.5 Å². The van der Waals surface area contributed by atoms with Crippen molar-refractivity contribution in [2.24, 2.45) is 5.92 Å². The zero-order valence-electron chi connectivity index (χ0n) is 19.1. The molecule has 0 saturated carbocycles. The second kappa shape index (κ2) is 9.74. The Labute approximate surface area is 191 Å². The summed E-state index contributed by atoms with van der Waals surface area (Å²) in [5, 5.41) is 6.12. The summed E-state index contributed by atoms with van der Waals surface area (Å²) in [7, 11) is 0. The van der Waals surface area contributed by atoms with Crippen LogP contribution >= 0.6 is 0 Å². The Morgan fingerprint density at radius 3 is 2.31 bits per heavy atom. The molecule has 2 N–H and O–H groups in total. The molecule has 2 aromatic rings. The number of nitrogens with one attached hydrogen (secondary N) is 2. The Kier molecular flexibility index (Phi) is 6.80. The number of anilines is 1. The van der Waals surface area contributed by atoms with Gasteiger partial charge in [-0.1, -0.05) is 42.5 Å². The molecule has 6 heteroatoms. The van der Waals surface area contributed by atoms with Crippen molar-refractivity contribution in [1.82, 2.24) is 15.1 Å². The van der Waals surface area contributed by atoms with Crippen molar-refractivity contribution in [3.8, 4) is 0 Å². The largest absolute Gasteiger partial charge is 0.354 e. The third-order valence-electron chi connectivity index (χ3n) is 6.86. The molecule has 1 fully saturated rings. The van der Waals surface area contributed by atoms with Crippen LogP contribution in [0, 0.1) is 5.92 Å². The van der Waals surface area contributed by atoms with Crippen molar-refractivity contribution >= 4 is 17.6 Å². The summed E-state index contributed by atoms with van der Waals surface area (Å²) in [5.74, 6) is 0.0762. The van der Waals surface area contributed by atoms with Crippen LogP contribution in [0.2, 0.25) is 0 Å². The summed E-state index contributed by atoms with van der Waals surface area (Å²) in [5.41, 5.74) is 3.50. The van der Waals surface area contributed by atoms with Gasteiger partial charge in [0.15, 0.2) is 0 Å². The highest BCUT2D eigenvalue weighted by Gasteiger charge is 2.32. The molecule has 0 spiro atoms. The molecule has 0 radical (unpaired) electrons. The number of nitrogens with zero attached hydrogens (tertiary/aromatic N) is 2. The Morgan fingerprint density at radius 1 is 0.938 bits per heavy atom. The molecule has 0 aromatic heterocycles. The van der Waals surface area contributed by atoms with E-state index in [0.717, 1.165) is 25.2 Å². The van der Waals surface area contributed by atoms with Crippen molar-refractivity contribution in [2.75, 3.05) is 31.5 Å². The van der Waals surface area contributed by atoms with Gasteiger partial charge in [0, 0.05) is 49.9 Å². The molecule has 2 heterocycles. The first-order valence-corrected chi connectivity index (χ1v) is 11.6. The molecule has 0 unspecified atom stereocenters.